The number of carbonyl (C=O) groups excluding carboxylic acids is 2. The maximum Gasteiger partial charge on any atom is 0.162 e. The van der Waals surface area contributed by atoms with E-state index in [0.717, 1.165) is 49.0 Å². The number of unbranched alkanes of at least 4 members (excludes halogenated alkanes) is 3. The average Bonchev–Trinajstić information content (AvgIpc) is 3.15. The standard InChI is InChI=1S/C40H58O7/c1-7-9-11-12-13-15-16-30-24-33-38(45-26-29-18-20-31(43-5)21-19-29)37(32(30)25-36(44-6)34(41)17-14-10-8-2)35(42)22-23-40(33)27-46-39(3,4)47-28-40/h7-10,18-21,24,30,32,36-38H,11-17,22-23,25-28H2,1-6H3/b9-7+,10-8+/t30-,32+,36+,37?,38?/m1/s1. The van der Waals surface area contributed by atoms with Crippen LogP contribution in [0, 0.1) is 23.2 Å². The Morgan fingerprint density at radius 2 is 1.70 bits per heavy atom. The zero-order valence-corrected chi connectivity index (χ0v) is 29.6. The van der Waals surface area contributed by atoms with E-state index in [1.807, 2.05) is 57.2 Å². The lowest BCUT2D eigenvalue weighted by Crippen LogP contribution is -2.52. The third kappa shape index (κ3) is 9.75. The van der Waals surface area contributed by atoms with Crippen molar-refractivity contribution in [1.29, 1.82) is 0 Å². The molecule has 1 saturated heterocycles. The number of allylic oxidation sites excluding steroid dienone is 5. The summed E-state index contributed by atoms with van der Waals surface area (Å²) < 4.78 is 30.7. The Balaban J connectivity index is 1.71. The second-order valence-corrected chi connectivity index (χ2v) is 14.0. The molecule has 7 nitrogen and oxygen atoms in total. The van der Waals surface area contributed by atoms with Gasteiger partial charge in [0.15, 0.2) is 11.6 Å². The number of methoxy groups -OCH3 is 2. The van der Waals surface area contributed by atoms with E-state index in [4.69, 9.17) is 23.7 Å². The SMILES string of the molecule is C/C=C/CCCCC[C@@H]1C=C2C(OCc3ccc(OC)cc3)C(C(=O)CCC23COC(C)(C)OC3)[C@H]1C[C@H](OC)C(=O)CC/C=C/C. The van der Waals surface area contributed by atoms with Gasteiger partial charge in [0, 0.05) is 25.4 Å². The van der Waals surface area contributed by atoms with Gasteiger partial charge in [-0.15, -0.1) is 0 Å². The zero-order valence-electron chi connectivity index (χ0n) is 29.6. The first-order valence-corrected chi connectivity index (χ1v) is 17.7. The van der Waals surface area contributed by atoms with Gasteiger partial charge in [0.2, 0.25) is 0 Å². The smallest absolute Gasteiger partial charge is 0.162 e. The molecule has 0 amide bonds. The van der Waals surface area contributed by atoms with Crippen LogP contribution in [0.15, 0.2) is 60.2 Å². The molecule has 5 atom stereocenters. The molecule has 0 N–H and O–H groups in total. The lowest BCUT2D eigenvalue weighted by molar-refractivity contribution is -0.281. The number of rotatable bonds is 17. The van der Waals surface area contributed by atoms with Crippen LogP contribution < -0.4 is 4.74 Å². The first-order valence-electron chi connectivity index (χ1n) is 17.7. The van der Waals surface area contributed by atoms with E-state index in [-0.39, 0.29) is 29.3 Å². The molecule has 1 saturated carbocycles. The molecule has 1 heterocycles. The summed E-state index contributed by atoms with van der Waals surface area (Å²) in [5.74, 6) is 0.0729. The van der Waals surface area contributed by atoms with Gasteiger partial charge in [0.1, 0.15) is 17.6 Å². The minimum Gasteiger partial charge on any atom is -0.497 e. The fraction of sp³-hybridized carbons (Fsp3) is 0.650. The number of ether oxygens (including phenoxy) is 5. The van der Waals surface area contributed by atoms with E-state index in [0.29, 0.717) is 51.9 Å². The molecule has 1 aliphatic heterocycles. The van der Waals surface area contributed by atoms with E-state index in [1.54, 1.807) is 14.2 Å². The molecule has 1 aromatic carbocycles. The summed E-state index contributed by atoms with van der Waals surface area (Å²) in [5.41, 5.74) is 1.71. The van der Waals surface area contributed by atoms with Crippen molar-refractivity contribution < 1.29 is 33.3 Å². The number of benzene rings is 1. The Labute approximate surface area is 283 Å². The van der Waals surface area contributed by atoms with Crippen LogP contribution in [0.25, 0.3) is 0 Å². The van der Waals surface area contributed by atoms with Gasteiger partial charge in [-0.2, -0.15) is 0 Å². The van der Waals surface area contributed by atoms with Crippen LogP contribution in [0.4, 0.5) is 0 Å². The highest BCUT2D eigenvalue weighted by atomic mass is 16.7. The molecule has 0 radical (unpaired) electrons. The molecule has 260 valence electrons. The third-order valence-electron chi connectivity index (χ3n) is 10.4. The molecule has 7 heteroatoms. The predicted molar refractivity (Wildman–Crippen MR) is 185 cm³/mol. The van der Waals surface area contributed by atoms with Crippen molar-refractivity contribution in [3.8, 4) is 5.75 Å². The van der Waals surface area contributed by atoms with E-state index in [1.165, 1.54) is 0 Å². The van der Waals surface area contributed by atoms with E-state index >= 15 is 0 Å². The average molecular weight is 651 g/mol. The second-order valence-electron chi connectivity index (χ2n) is 14.0. The quantitative estimate of drug-likeness (QED) is 0.124. The molecular formula is C40H58O7. The van der Waals surface area contributed by atoms with Crippen LogP contribution in [0.3, 0.4) is 0 Å². The Morgan fingerprint density at radius 3 is 2.36 bits per heavy atom. The lowest BCUT2D eigenvalue weighted by atomic mass is 9.63. The minimum absolute atomic E-state index is 0.0738. The topological polar surface area (TPSA) is 80.3 Å². The number of hydrogen-bond acceptors (Lipinski definition) is 7. The Kier molecular flexibility index (Phi) is 14.0. The molecule has 1 aromatic rings. The van der Waals surface area contributed by atoms with Gasteiger partial charge in [0.25, 0.3) is 0 Å². The molecule has 2 fully saturated rings. The highest BCUT2D eigenvalue weighted by Crippen LogP contribution is 2.53. The zero-order chi connectivity index (χ0) is 33.9. The molecule has 1 spiro atoms. The van der Waals surface area contributed by atoms with E-state index < -0.39 is 23.4 Å². The van der Waals surface area contributed by atoms with E-state index in [2.05, 4.69) is 25.2 Å². The van der Waals surface area contributed by atoms with Crippen molar-refractivity contribution in [2.24, 2.45) is 23.2 Å². The fourth-order valence-electron chi connectivity index (χ4n) is 7.58. The van der Waals surface area contributed by atoms with Gasteiger partial charge < -0.3 is 23.7 Å². The normalized spacial score (nSPS) is 26.0. The Morgan fingerprint density at radius 1 is 1.00 bits per heavy atom. The van der Waals surface area contributed by atoms with E-state index in [9.17, 15) is 9.59 Å². The van der Waals surface area contributed by atoms with Crippen LogP contribution >= 0.6 is 0 Å². The maximum absolute atomic E-state index is 14.4. The molecule has 3 aliphatic rings. The largest absolute Gasteiger partial charge is 0.497 e. The summed E-state index contributed by atoms with van der Waals surface area (Å²) in [5, 5.41) is 0. The lowest BCUT2D eigenvalue weighted by Gasteiger charge is -2.49. The minimum atomic E-state index is -0.677. The van der Waals surface area contributed by atoms with Crippen molar-refractivity contribution in [1.82, 2.24) is 0 Å². The van der Waals surface area contributed by atoms with Crippen molar-refractivity contribution >= 4 is 11.6 Å². The monoisotopic (exact) mass is 650 g/mol. The molecular weight excluding hydrogens is 592 g/mol. The summed E-state index contributed by atoms with van der Waals surface area (Å²) in [6.45, 7) is 9.25. The van der Waals surface area contributed by atoms with Gasteiger partial charge in [-0.05, 0) is 101 Å². The predicted octanol–water partition coefficient (Wildman–Crippen LogP) is 8.36. The van der Waals surface area contributed by atoms with Crippen LogP contribution in [-0.4, -0.2) is 57.0 Å². The molecule has 4 rings (SSSR count). The van der Waals surface area contributed by atoms with Gasteiger partial charge in [0.05, 0.1) is 39.0 Å². The van der Waals surface area contributed by atoms with Crippen LogP contribution in [-0.2, 0) is 35.1 Å². The van der Waals surface area contributed by atoms with Crippen LogP contribution in [0.1, 0.15) is 97.5 Å². The number of carbonyl (C=O) groups is 2. The number of Topliss-reactive ketones (excluding diaryl/α,β-unsaturated/α-hetero) is 2. The highest BCUT2D eigenvalue weighted by Gasteiger charge is 2.55. The number of hydrogen-bond donors (Lipinski definition) is 0. The van der Waals surface area contributed by atoms with Crippen LogP contribution in [0.5, 0.6) is 5.75 Å². The van der Waals surface area contributed by atoms with Crippen molar-refractivity contribution in [3.05, 3.63) is 65.8 Å². The summed E-state index contributed by atoms with van der Waals surface area (Å²) >= 11 is 0. The molecule has 47 heavy (non-hydrogen) atoms. The van der Waals surface area contributed by atoms with Gasteiger partial charge in [-0.25, -0.2) is 0 Å². The second kappa shape index (κ2) is 17.7. The molecule has 2 aliphatic carbocycles. The summed E-state index contributed by atoms with van der Waals surface area (Å²) in [6.07, 6.45) is 17.8. The van der Waals surface area contributed by atoms with Crippen LogP contribution in [0.2, 0.25) is 0 Å². The van der Waals surface area contributed by atoms with Crippen molar-refractivity contribution in [2.45, 2.75) is 117 Å². The summed E-state index contributed by atoms with van der Waals surface area (Å²) in [6, 6.07) is 7.87. The van der Waals surface area contributed by atoms with Crippen molar-refractivity contribution in [3.63, 3.8) is 0 Å². The summed E-state index contributed by atoms with van der Waals surface area (Å²) in [7, 11) is 3.28. The molecule has 2 unspecified atom stereocenters. The Bertz CT molecular complexity index is 1230. The van der Waals surface area contributed by atoms with Crippen molar-refractivity contribution in [2.75, 3.05) is 27.4 Å². The summed E-state index contributed by atoms with van der Waals surface area (Å²) in [4.78, 5) is 27.8. The first-order chi connectivity index (χ1) is 22.7. The van der Waals surface area contributed by atoms with Gasteiger partial charge >= 0.3 is 0 Å². The fourth-order valence-corrected chi connectivity index (χ4v) is 7.58. The number of fused-ring (bicyclic) bond motifs is 3. The Hall–Kier alpha value is -2.58. The first kappa shape index (κ1) is 37.2. The number of ketones is 2. The molecule has 2 bridgehead atoms. The highest BCUT2D eigenvalue weighted by molar-refractivity contribution is 5.85. The van der Waals surface area contributed by atoms with Gasteiger partial charge in [-0.1, -0.05) is 55.4 Å². The molecule has 0 aromatic heterocycles. The van der Waals surface area contributed by atoms with Gasteiger partial charge in [-0.3, -0.25) is 9.59 Å². The third-order valence-corrected chi connectivity index (χ3v) is 10.4. The maximum atomic E-state index is 14.4.